The van der Waals surface area contributed by atoms with Crippen molar-refractivity contribution >= 4 is 10.9 Å². The first-order valence-corrected chi connectivity index (χ1v) is 9.54. The van der Waals surface area contributed by atoms with Crippen LogP contribution in [0.5, 0.6) is 0 Å². The van der Waals surface area contributed by atoms with Gasteiger partial charge < -0.3 is 20.6 Å². The number of fused-ring (bicyclic) bond motifs is 7. The van der Waals surface area contributed by atoms with Gasteiger partial charge in [-0.05, 0) is 37.3 Å². The molecule has 25 heavy (non-hydrogen) atoms. The number of nitrogens with two attached hydrogens (primary N) is 1. The van der Waals surface area contributed by atoms with Crippen LogP contribution in [-0.4, -0.2) is 53.4 Å². The zero-order chi connectivity index (χ0) is 17.0. The van der Waals surface area contributed by atoms with Crippen molar-refractivity contribution in [2.24, 2.45) is 11.1 Å². The van der Waals surface area contributed by atoms with Crippen LogP contribution in [0.3, 0.4) is 0 Å². The highest BCUT2D eigenvalue weighted by Gasteiger charge is 2.56. The van der Waals surface area contributed by atoms with Gasteiger partial charge in [0.2, 0.25) is 0 Å². The van der Waals surface area contributed by atoms with Crippen LogP contribution in [0.4, 0.5) is 0 Å². The number of hydrogen-bond acceptors (Lipinski definition) is 4. The third kappa shape index (κ3) is 2.23. The van der Waals surface area contributed by atoms with E-state index in [9.17, 15) is 5.11 Å². The highest BCUT2D eigenvalue weighted by Crippen LogP contribution is 2.57. The number of aliphatic hydroxyl groups excluding tert-OH is 1. The first-order valence-electron chi connectivity index (χ1n) is 9.54. The lowest BCUT2D eigenvalue weighted by molar-refractivity contribution is -0.0754. The molecule has 5 heteroatoms. The Balaban J connectivity index is 1.66. The second-order valence-electron chi connectivity index (χ2n) is 8.03. The molecule has 5 nitrogen and oxygen atoms in total. The second-order valence-corrected chi connectivity index (χ2v) is 8.03. The predicted molar refractivity (Wildman–Crippen MR) is 97.4 cm³/mol. The summed E-state index contributed by atoms with van der Waals surface area (Å²) in [4.78, 5) is 6.38. The van der Waals surface area contributed by atoms with E-state index in [0.717, 1.165) is 45.4 Å². The lowest BCUT2D eigenvalue weighted by atomic mass is 9.64. The van der Waals surface area contributed by atoms with Crippen LogP contribution in [-0.2, 0) is 11.2 Å². The molecule has 134 valence electrons. The summed E-state index contributed by atoms with van der Waals surface area (Å²) in [7, 11) is 0. The molecular formula is C20H27N3O2. The molecule has 2 fully saturated rings. The lowest BCUT2D eigenvalue weighted by Crippen LogP contribution is -2.56. The molecule has 0 spiro atoms. The molecule has 1 aromatic carbocycles. The first-order chi connectivity index (χ1) is 12.2. The summed E-state index contributed by atoms with van der Waals surface area (Å²) in [6.07, 6.45) is 4.28. The third-order valence-electron chi connectivity index (χ3n) is 6.76. The zero-order valence-corrected chi connectivity index (χ0v) is 14.6. The summed E-state index contributed by atoms with van der Waals surface area (Å²) in [6, 6.07) is 8.78. The number of hydrogen-bond donors (Lipinski definition) is 3. The van der Waals surface area contributed by atoms with Gasteiger partial charge in [0.1, 0.15) is 0 Å². The Morgan fingerprint density at radius 3 is 3.12 bits per heavy atom. The summed E-state index contributed by atoms with van der Waals surface area (Å²) in [5, 5.41) is 11.0. The molecule has 0 radical (unpaired) electrons. The molecule has 0 amide bonds. The van der Waals surface area contributed by atoms with Crippen molar-refractivity contribution < 1.29 is 9.84 Å². The fourth-order valence-electron chi connectivity index (χ4n) is 5.77. The van der Waals surface area contributed by atoms with Crippen molar-refractivity contribution in [2.45, 2.75) is 43.9 Å². The van der Waals surface area contributed by atoms with Crippen molar-refractivity contribution in [3.63, 3.8) is 0 Å². The molecule has 1 unspecified atom stereocenters. The van der Waals surface area contributed by atoms with Crippen LogP contribution >= 0.6 is 0 Å². The summed E-state index contributed by atoms with van der Waals surface area (Å²) in [6.45, 7) is 3.03. The van der Waals surface area contributed by atoms with Gasteiger partial charge in [-0.3, -0.25) is 4.90 Å². The number of aliphatic hydroxyl groups is 1. The van der Waals surface area contributed by atoms with Crippen LogP contribution < -0.4 is 5.73 Å². The van der Waals surface area contributed by atoms with E-state index < -0.39 is 0 Å². The number of para-hydroxylation sites is 1. The number of aromatic amines is 1. The Hall–Kier alpha value is -1.40. The fourth-order valence-corrected chi connectivity index (χ4v) is 5.77. The van der Waals surface area contributed by atoms with E-state index >= 15 is 0 Å². The van der Waals surface area contributed by atoms with Gasteiger partial charge >= 0.3 is 0 Å². The van der Waals surface area contributed by atoms with Crippen molar-refractivity contribution in [3.05, 3.63) is 35.5 Å². The zero-order valence-electron chi connectivity index (χ0n) is 14.6. The number of ether oxygens (including phenoxy) is 1. The fraction of sp³-hybridized carbons (Fsp3) is 0.600. The van der Waals surface area contributed by atoms with E-state index in [1.807, 2.05) is 0 Å². The van der Waals surface area contributed by atoms with Crippen molar-refractivity contribution in [1.82, 2.24) is 9.88 Å². The van der Waals surface area contributed by atoms with E-state index in [0.29, 0.717) is 6.04 Å². The molecule has 0 bridgehead atoms. The lowest BCUT2D eigenvalue weighted by Gasteiger charge is -2.53. The van der Waals surface area contributed by atoms with Crippen LogP contribution in [0.1, 0.15) is 36.6 Å². The maximum atomic E-state index is 9.60. The van der Waals surface area contributed by atoms with Crippen LogP contribution in [0, 0.1) is 5.41 Å². The molecule has 0 aliphatic carbocycles. The molecule has 4 heterocycles. The molecule has 0 saturated carbocycles. The van der Waals surface area contributed by atoms with Crippen molar-refractivity contribution in [2.75, 3.05) is 26.3 Å². The van der Waals surface area contributed by atoms with Gasteiger partial charge in [0.25, 0.3) is 0 Å². The molecule has 3 aliphatic heterocycles. The Bertz CT molecular complexity index is 788. The number of nitrogens with zero attached hydrogens (tertiary/aromatic N) is 1. The average molecular weight is 341 g/mol. The maximum Gasteiger partial charge on any atom is 0.0663 e. The van der Waals surface area contributed by atoms with Crippen LogP contribution in [0.15, 0.2) is 24.3 Å². The standard InChI is InChI=1S/C20H27N3O2/c21-13(12-24)11-20-7-10-25-17(20)6-9-23-8-5-15-14-3-1-2-4-16(14)22-18(15)19(20)23/h1-4,13,17,19,22,24H,5-12,21H2/t13?,17-,19+,20+/m0/s1. The Morgan fingerprint density at radius 1 is 1.36 bits per heavy atom. The normalized spacial score (nSPS) is 33.0. The van der Waals surface area contributed by atoms with Gasteiger partial charge in [-0.15, -0.1) is 0 Å². The largest absolute Gasteiger partial charge is 0.395 e. The van der Waals surface area contributed by atoms with Gasteiger partial charge in [-0.1, -0.05) is 18.2 Å². The summed E-state index contributed by atoms with van der Waals surface area (Å²) in [5.41, 5.74) is 10.3. The maximum absolute atomic E-state index is 9.60. The minimum Gasteiger partial charge on any atom is -0.395 e. The molecule has 5 rings (SSSR count). The highest BCUT2D eigenvalue weighted by atomic mass is 16.5. The number of nitrogens with one attached hydrogen (secondary N) is 1. The number of benzene rings is 1. The van der Waals surface area contributed by atoms with Gasteiger partial charge in [-0.2, -0.15) is 0 Å². The van der Waals surface area contributed by atoms with Crippen LogP contribution in [0.2, 0.25) is 0 Å². The topological polar surface area (TPSA) is 74.5 Å². The van der Waals surface area contributed by atoms with E-state index in [1.54, 1.807) is 0 Å². The average Bonchev–Trinajstić information content (AvgIpc) is 3.22. The molecule has 4 atom stereocenters. The van der Waals surface area contributed by atoms with Crippen molar-refractivity contribution in [3.8, 4) is 0 Å². The minimum atomic E-state index is -0.182. The molecular weight excluding hydrogens is 314 g/mol. The quantitative estimate of drug-likeness (QED) is 0.798. The van der Waals surface area contributed by atoms with E-state index in [-0.39, 0.29) is 24.2 Å². The summed E-state index contributed by atoms with van der Waals surface area (Å²) in [5.74, 6) is 0. The van der Waals surface area contributed by atoms with Crippen molar-refractivity contribution in [1.29, 1.82) is 0 Å². The van der Waals surface area contributed by atoms with Gasteiger partial charge in [-0.25, -0.2) is 0 Å². The molecule has 1 aromatic heterocycles. The summed E-state index contributed by atoms with van der Waals surface area (Å²) >= 11 is 0. The highest BCUT2D eigenvalue weighted by molar-refractivity contribution is 5.85. The summed E-state index contributed by atoms with van der Waals surface area (Å²) < 4.78 is 6.17. The predicted octanol–water partition coefficient (Wildman–Crippen LogP) is 1.96. The third-order valence-corrected chi connectivity index (χ3v) is 6.76. The minimum absolute atomic E-state index is 0.0104. The molecule has 2 aromatic rings. The Labute approximate surface area is 148 Å². The van der Waals surface area contributed by atoms with E-state index in [1.165, 1.54) is 22.2 Å². The number of aromatic nitrogens is 1. The second kappa shape index (κ2) is 5.81. The van der Waals surface area contributed by atoms with Gasteiger partial charge in [0.05, 0.1) is 18.8 Å². The SMILES string of the molecule is NC(CO)C[C@]12CCO[C@H]1CCN1CCc3c([nH]c4ccccc34)[C@@H]12. The Kier molecular flexibility index (Phi) is 3.68. The first kappa shape index (κ1) is 15.8. The molecule has 4 N–H and O–H groups in total. The number of rotatable bonds is 3. The number of piperidine rings is 1. The monoisotopic (exact) mass is 341 g/mol. The number of H-pyrrole nitrogens is 1. The Morgan fingerprint density at radius 2 is 2.24 bits per heavy atom. The van der Waals surface area contributed by atoms with Gasteiger partial charge in [0, 0.05) is 47.8 Å². The molecule has 2 saturated heterocycles. The van der Waals surface area contributed by atoms with Gasteiger partial charge in [0.15, 0.2) is 0 Å². The van der Waals surface area contributed by atoms with Crippen LogP contribution in [0.25, 0.3) is 10.9 Å². The molecule has 3 aliphatic rings. The van der Waals surface area contributed by atoms with E-state index in [2.05, 4.69) is 34.1 Å². The smallest absolute Gasteiger partial charge is 0.0663 e. The van der Waals surface area contributed by atoms with E-state index in [4.69, 9.17) is 10.5 Å².